The van der Waals surface area contributed by atoms with E-state index < -0.39 is 0 Å². The Labute approximate surface area is 208 Å². The SMILES string of the molecule is O=C(Nc1ccccc1Cc1ccccc1)c1ccccc1CSc1nnc(-c2ccccc2)o1. The Kier molecular flexibility index (Phi) is 7.01. The van der Waals surface area contributed by atoms with Crippen molar-refractivity contribution < 1.29 is 9.21 Å². The van der Waals surface area contributed by atoms with Crippen LogP contribution >= 0.6 is 11.8 Å². The van der Waals surface area contributed by atoms with Crippen LogP contribution in [0.1, 0.15) is 27.0 Å². The molecule has 0 atom stereocenters. The normalized spacial score (nSPS) is 10.7. The van der Waals surface area contributed by atoms with Crippen molar-refractivity contribution in [2.45, 2.75) is 17.4 Å². The van der Waals surface area contributed by atoms with E-state index >= 15 is 0 Å². The molecular formula is C29H23N3O2S. The topological polar surface area (TPSA) is 68.0 Å². The second kappa shape index (κ2) is 10.8. The van der Waals surface area contributed by atoms with Crippen LogP contribution in [-0.2, 0) is 12.2 Å². The molecule has 0 saturated carbocycles. The average molecular weight is 478 g/mol. The number of carbonyl (C=O) groups is 1. The first-order valence-corrected chi connectivity index (χ1v) is 12.3. The molecule has 0 spiro atoms. The van der Waals surface area contributed by atoms with Gasteiger partial charge in [0.1, 0.15) is 0 Å². The number of carbonyl (C=O) groups excluding carboxylic acids is 1. The molecule has 0 saturated heterocycles. The van der Waals surface area contributed by atoms with E-state index in [0.717, 1.165) is 28.8 Å². The maximum absolute atomic E-state index is 13.3. The summed E-state index contributed by atoms with van der Waals surface area (Å²) in [5, 5.41) is 11.9. The molecule has 0 fully saturated rings. The first-order chi connectivity index (χ1) is 17.3. The minimum atomic E-state index is -0.141. The number of amides is 1. The summed E-state index contributed by atoms with van der Waals surface area (Å²) in [7, 11) is 0. The van der Waals surface area contributed by atoms with Crippen LogP contribution in [0.3, 0.4) is 0 Å². The second-order valence-electron chi connectivity index (χ2n) is 7.96. The van der Waals surface area contributed by atoms with Crippen molar-refractivity contribution in [3.63, 3.8) is 0 Å². The summed E-state index contributed by atoms with van der Waals surface area (Å²) in [6, 6.07) is 35.4. The van der Waals surface area contributed by atoms with Crippen LogP contribution in [0, 0.1) is 0 Å². The van der Waals surface area contributed by atoms with Gasteiger partial charge in [0.25, 0.3) is 11.1 Å². The molecule has 1 heterocycles. The van der Waals surface area contributed by atoms with E-state index in [4.69, 9.17) is 4.42 Å². The molecule has 0 aliphatic heterocycles. The Balaban J connectivity index is 1.29. The Bertz CT molecular complexity index is 1420. The lowest BCUT2D eigenvalue weighted by Crippen LogP contribution is -2.15. The fraction of sp³-hybridized carbons (Fsp3) is 0.0690. The summed E-state index contributed by atoms with van der Waals surface area (Å²) in [6.07, 6.45) is 0.746. The number of hydrogen-bond acceptors (Lipinski definition) is 5. The molecule has 35 heavy (non-hydrogen) atoms. The van der Waals surface area contributed by atoms with Gasteiger partial charge >= 0.3 is 0 Å². The van der Waals surface area contributed by atoms with Crippen molar-refractivity contribution in [2.75, 3.05) is 5.32 Å². The number of hydrogen-bond donors (Lipinski definition) is 1. The molecule has 0 bridgehead atoms. The van der Waals surface area contributed by atoms with Gasteiger partial charge in [0.05, 0.1) is 0 Å². The van der Waals surface area contributed by atoms with E-state index in [-0.39, 0.29) is 5.91 Å². The molecular weight excluding hydrogens is 454 g/mol. The Morgan fingerprint density at radius 2 is 1.40 bits per heavy atom. The summed E-state index contributed by atoms with van der Waals surface area (Å²) in [5.41, 5.74) is 5.47. The van der Waals surface area contributed by atoms with E-state index in [0.29, 0.717) is 22.4 Å². The number of aromatic nitrogens is 2. The number of nitrogens with one attached hydrogen (secondary N) is 1. The van der Waals surface area contributed by atoms with Gasteiger partial charge in [-0.15, -0.1) is 10.2 Å². The van der Waals surface area contributed by atoms with Gasteiger partial charge in [-0.25, -0.2) is 0 Å². The third-order valence-electron chi connectivity index (χ3n) is 5.54. The van der Waals surface area contributed by atoms with Crippen LogP contribution in [0.2, 0.25) is 0 Å². The lowest BCUT2D eigenvalue weighted by molar-refractivity contribution is 0.102. The number of anilines is 1. The molecule has 5 nitrogen and oxygen atoms in total. The molecule has 0 unspecified atom stereocenters. The molecule has 1 amide bonds. The van der Waals surface area contributed by atoms with Crippen LogP contribution in [0.4, 0.5) is 5.69 Å². The van der Waals surface area contributed by atoms with Crippen molar-refractivity contribution >= 4 is 23.4 Å². The highest BCUT2D eigenvalue weighted by molar-refractivity contribution is 7.98. The maximum atomic E-state index is 13.3. The van der Waals surface area contributed by atoms with E-state index in [9.17, 15) is 4.79 Å². The highest BCUT2D eigenvalue weighted by Crippen LogP contribution is 2.27. The third kappa shape index (κ3) is 5.67. The van der Waals surface area contributed by atoms with Gasteiger partial charge in [-0.05, 0) is 47.4 Å². The van der Waals surface area contributed by atoms with E-state index in [1.54, 1.807) is 0 Å². The highest BCUT2D eigenvalue weighted by Gasteiger charge is 2.15. The van der Waals surface area contributed by atoms with Crippen molar-refractivity contribution in [3.8, 4) is 11.5 Å². The zero-order chi connectivity index (χ0) is 23.9. The largest absolute Gasteiger partial charge is 0.411 e. The first-order valence-electron chi connectivity index (χ1n) is 11.3. The van der Waals surface area contributed by atoms with Gasteiger partial charge in [0, 0.05) is 22.6 Å². The molecule has 6 heteroatoms. The summed E-state index contributed by atoms with van der Waals surface area (Å²) in [5.74, 6) is 0.873. The molecule has 0 aliphatic carbocycles. The Hall–Kier alpha value is -4.16. The predicted molar refractivity (Wildman–Crippen MR) is 139 cm³/mol. The zero-order valence-corrected chi connectivity index (χ0v) is 19.7. The maximum Gasteiger partial charge on any atom is 0.277 e. The fourth-order valence-corrected chi connectivity index (χ4v) is 4.54. The van der Waals surface area contributed by atoms with Crippen LogP contribution in [-0.4, -0.2) is 16.1 Å². The van der Waals surface area contributed by atoms with Gasteiger partial charge in [-0.2, -0.15) is 0 Å². The average Bonchev–Trinajstić information content (AvgIpc) is 3.39. The van der Waals surface area contributed by atoms with Crippen LogP contribution in [0.5, 0.6) is 0 Å². The zero-order valence-electron chi connectivity index (χ0n) is 18.9. The molecule has 0 radical (unpaired) electrons. The van der Waals surface area contributed by atoms with Gasteiger partial charge in [0.15, 0.2) is 0 Å². The van der Waals surface area contributed by atoms with E-state index in [1.807, 2.05) is 97.1 Å². The highest BCUT2D eigenvalue weighted by atomic mass is 32.2. The van der Waals surface area contributed by atoms with Crippen LogP contribution in [0.15, 0.2) is 119 Å². The molecule has 5 rings (SSSR count). The number of nitrogens with zero attached hydrogens (tertiary/aromatic N) is 2. The Morgan fingerprint density at radius 1 is 0.743 bits per heavy atom. The van der Waals surface area contributed by atoms with Crippen molar-refractivity contribution in [1.82, 2.24) is 10.2 Å². The third-order valence-corrected chi connectivity index (χ3v) is 6.41. The molecule has 172 valence electrons. The lowest BCUT2D eigenvalue weighted by Gasteiger charge is -2.13. The number of benzene rings is 4. The van der Waals surface area contributed by atoms with Gasteiger partial charge in [0.2, 0.25) is 5.89 Å². The van der Waals surface area contributed by atoms with Crippen molar-refractivity contribution in [3.05, 3.63) is 131 Å². The quantitative estimate of drug-likeness (QED) is 0.247. The Morgan fingerprint density at radius 3 is 2.20 bits per heavy atom. The molecule has 5 aromatic rings. The molecule has 1 N–H and O–H groups in total. The minimum Gasteiger partial charge on any atom is -0.411 e. The monoisotopic (exact) mass is 477 g/mol. The summed E-state index contributed by atoms with van der Waals surface area (Å²) < 4.78 is 5.80. The standard InChI is InChI=1S/C29H23N3O2S/c33-27(30-26-18-10-8-15-23(26)19-21-11-3-1-4-12-21)25-17-9-7-16-24(25)20-35-29-32-31-28(34-29)22-13-5-2-6-14-22/h1-18H,19-20H2,(H,30,33). The minimum absolute atomic E-state index is 0.141. The van der Waals surface area contributed by atoms with Crippen LogP contribution in [0.25, 0.3) is 11.5 Å². The molecule has 0 aliphatic rings. The first kappa shape index (κ1) is 22.6. The van der Waals surface area contributed by atoms with Crippen molar-refractivity contribution in [2.24, 2.45) is 0 Å². The van der Waals surface area contributed by atoms with Gasteiger partial charge in [-0.1, -0.05) is 96.7 Å². The number of para-hydroxylation sites is 1. The lowest BCUT2D eigenvalue weighted by atomic mass is 10.0. The molecule has 4 aromatic carbocycles. The summed E-state index contributed by atoms with van der Waals surface area (Å²) in [4.78, 5) is 13.3. The number of thioether (sulfide) groups is 1. The fourth-order valence-electron chi connectivity index (χ4n) is 3.77. The smallest absolute Gasteiger partial charge is 0.277 e. The van der Waals surface area contributed by atoms with Crippen molar-refractivity contribution in [1.29, 1.82) is 0 Å². The summed E-state index contributed by atoms with van der Waals surface area (Å²) >= 11 is 1.41. The number of rotatable bonds is 8. The van der Waals surface area contributed by atoms with Gasteiger partial charge in [-0.3, -0.25) is 4.79 Å². The van der Waals surface area contributed by atoms with Gasteiger partial charge < -0.3 is 9.73 Å². The van der Waals surface area contributed by atoms with Crippen LogP contribution < -0.4 is 5.32 Å². The van der Waals surface area contributed by atoms with E-state index in [1.165, 1.54) is 17.3 Å². The van der Waals surface area contributed by atoms with E-state index in [2.05, 4.69) is 27.6 Å². The summed E-state index contributed by atoms with van der Waals surface area (Å²) in [6.45, 7) is 0. The predicted octanol–water partition coefficient (Wildman–Crippen LogP) is 6.87. The second-order valence-corrected chi connectivity index (χ2v) is 8.89. The molecule has 1 aromatic heterocycles.